The zero-order valence-electron chi connectivity index (χ0n) is 8.72. The summed E-state index contributed by atoms with van der Waals surface area (Å²) >= 11 is 3.39. The minimum atomic E-state index is 0.775. The van der Waals surface area contributed by atoms with Crippen LogP contribution in [0, 0.1) is 13.8 Å². The average molecular weight is 258 g/mol. The molecule has 2 nitrogen and oxygen atoms in total. The van der Waals surface area contributed by atoms with Crippen molar-refractivity contribution < 1.29 is 4.74 Å². The first kappa shape index (κ1) is 11.5. The molecule has 0 fully saturated rings. The summed E-state index contributed by atoms with van der Waals surface area (Å²) in [5, 5.41) is 1.04. The molecule has 0 unspecified atom stereocenters. The van der Waals surface area contributed by atoms with Crippen molar-refractivity contribution in [3.05, 3.63) is 23.5 Å². The SMILES string of the molecule is Cc1ccc(OCCCCBr)c(C)n1. The molecule has 0 saturated heterocycles. The Hall–Kier alpha value is -0.570. The Morgan fingerprint density at radius 1 is 1.29 bits per heavy atom. The van der Waals surface area contributed by atoms with Gasteiger partial charge in [0.15, 0.2) is 0 Å². The smallest absolute Gasteiger partial charge is 0.140 e. The number of alkyl halides is 1. The van der Waals surface area contributed by atoms with Gasteiger partial charge >= 0.3 is 0 Å². The summed E-state index contributed by atoms with van der Waals surface area (Å²) in [7, 11) is 0. The van der Waals surface area contributed by atoms with Crippen LogP contribution in [-0.4, -0.2) is 16.9 Å². The number of halogens is 1. The summed E-state index contributed by atoms with van der Waals surface area (Å²) in [5.74, 6) is 0.908. The van der Waals surface area contributed by atoms with Crippen molar-refractivity contribution in [1.82, 2.24) is 4.98 Å². The Balaban J connectivity index is 2.42. The van der Waals surface area contributed by atoms with E-state index < -0.39 is 0 Å². The molecule has 1 heterocycles. The number of ether oxygens (including phenoxy) is 1. The van der Waals surface area contributed by atoms with Crippen molar-refractivity contribution in [2.24, 2.45) is 0 Å². The van der Waals surface area contributed by atoms with Gasteiger partial charge in [0, 0.05) is 11.0 Å². The van der Waals surface area contributed by atoms with E-state index in [4.69, 9.17) is 4.74 Å². The van der Waals surface area contributed by atoms with Crippen molar-refractivity contribution in [2.45, 2.75) is 26.7 Å². The van der Waals surface area contributed by atoms with Gasteiger partial charge in [-0.3, -0.25) is 4.98 Å². The zero-order chi connectivity index (χ0) is 10.4. The van der Waals surface area contributed by atoms with Gasteiger partial charge in [-0.25, -0.2) is 0 Å². The lowest BCUT2D eigenvalue weighted by molar-refractivity contribution is 0.306. The van der Waals surface area contributed by atoms with Crippen LogP contribution in [0.15, 0.2) is 12.1 Å². The second-order valence-corrected chi connectivity index (χ2v) is 4.07. The van der Waals surface area contributed by atoms with Crippen LogP contribution in [0.2, 0.25) is 0 Å². The largest absolute Gasteiger partial charge is 0.492 e. The zero-order valence-corrected chi connectivity index (χ0v) is 10.3. The molecular weight excluding hydrogens is 242 g/mol. The fraction of sp³-hybridized carbons (Fsp3) is 0.545. The number of aryl methyl sites for hydroxylation is 2. The number of aromatic nitrogens is 1. The molecule has 0 saturated carbocycles. The Labute approximate surface area is 93.8 Å². The first-order valence-corrected chi connectivity index (χ1v) is 5.99. The van der Waals surface area contributed by atoms with Crippen molar-refractivity contribution in [3.8, 4) is 5.75 Å². The highest BCUT2D eigenvalue weighted by Crippen LogP contribution is 2.15. The number of pyridine rings is 1. The molecule has 0 aliphatic heterocycles. The number of hydrogen-bond acceptors (Lipinski definition) is 2. The van der Waals surface area contributed by atoms with E-state index in [0.717, 1.165) is 41.9 Å². The summed E-state index contributed by atoms with van der Waals surface area (Å²) in [4.78, 5) is 4.34. The maximum Gasteiger partial charge on any atom is 0.140 e. The Bertz CT molecular complexity index is 289. The monoisotopic (exact) mass is 257 g/mol. The van der Waals surface area contributed by atoms with Crippen molar-refractivity contribution in [1.29, 1.82) is 0 Å². The second-order valence-electron chi connectivity index (χ2n) is 3.28. The number of hydrogen-bond donors (Lipinski definition) is 0. The summed E-state index contributed by atoms with van der Waals surface area (Å²) < 4.78 is 5.61. The standard InChI is InChI=1S/C11H16BrNO/c1-9-5-6-11(10(2)13-9)14-8-4-3-7-12/h5-6H,3-4,7-8H2,1-2H3. The molecule has 0 atom stereocenters. The first-order valence-electron chi connectivity index (χ1n) is 4.87. The molecule has 0 radical (unpaired) electrons. The van der Waals surface area contributed by atoms with Gasteiger partial charge in [0.05, 0.1) is 12.3 Å². The molecule has 0 spiro atoms. The molecule has 0 aliphatic carbocycles. The van der Waals surface area contributed by atoms with Gasteiger partial charge in [-0.1, -0.05) is 15.9 Å². The van der Waals surface area contributed by atoms with Gasteiger partial charge in [0.25, 0.3) is 0 Å². The highest BCUT2D eigenvalue weighted by molar-refractivity contribution is 9.09. The second kappa shape index (κ2) is 6.02. The van der Waals surface area contributed by atoms with Crippen LogP contribution in [0.1, 0.15) is 24.2 Å². The van der Waals surface area contributed by atoms with Crippen molar-refractivity contribution in [3.63, 3.8) is 0 Å². The maximum atomic E-state index is 5.61. The highest BCUT2D eigenvalue weighted by Gasteiger charge is 1.99. The third kappa shape index (κ3) is 3.66. The van der Waals surface area contributed by atoms with Gasteiger partial charge in [0.2, 0.25) is 0 Å². The number of nitrogens with zero attached hydrogens (tertiary/aromatic N) is 1. The summed E-state index contributed by atoms with van der Waals surface area (Å²) in [5.41, 5.74) is 2.01. The van der Waals surface area contributed by atoms with Crippen LogP contribution >= 0.6 is 15.9 Å². The summed E-state index contributed by atoms with van der Waals surface area (Å²) in [6, 6.07) is 3.97. The third-order valence-electron chi connectivity index (χ3n) is 1.96. The van der Waals surface area contributed by atoms with E-state index in [9.17, 15) is 0 Å². The fourth-order valence-corrected chi connectivity index (χ4v) is 1.60. The van der Waals surface area contributed by atoms with Gasteiger partial charge in [0.1, 0.15) is 5.75 Å². The van der Waals surface area contributed by atoms with Gasteiger partial charge in [-0.05, 0) is 38.8 Å². The number of unbranched alkanes of at least 4 members (excludes halogenated alkanes) is 1. The highest BCUT2D eigenvalue weighted by atomic mass is 79.9. The minimum absolute atomic E-state index is 0.775. The molecule has 0 aromatic carbocycles. The quantitative estimate of drug-likeness (QED) is 0.597. The third-order valence-corrected chi connectivity index (χ3v) is 2.52. The maximum absolute atomic E-state index is 5.61. The normalized spacial score (nSPS) is 10.2. The van der Waals surface area contributed by atoms with Crippen LogP contribution in [0.25, 0.3) is 0 Å². The van der Waals surface area contributed by atoms with E-state index in [0.29, 0.717) is 0 Å². The Morgan fingerprint density at radius 2 is 2.07 bits per heavy atom. The fourth-order valence-electron chi connectivity index (χ4n) is 1.21. The van der Waals surface area contributed by atoms with E-state index >= 15 is 0 Å². The van der Waals surface area contributed by atoms with Gasteiger partial charge < -0.3 is 4.74 Å². The van der Waals surface area contributed by atoms with Crippen LogP contribution in [0.5, 0.6) is 5.75 Å². The topological polar surface area (TPSA) is 22.1 Å². The van der Waals surface area contributed by atoms with Gasteiger partial charge in [-0.15, -0.1) is 0 Å². The summed E-state index contributed by atoms with van der Waals surface area (Å²) in [6.45, 7) is 4.74. The lowest BCUT2D eigenvalue weighted by atomic mass is 10.3. The van der Waals surface area contributed by atoms with Crippen molar-refractivity contribution in [2.75, 3.05) is 11.9 Å². The molecule has 3 heteroatoms. The molecular formula is C11H16BrNO. The molecule has 0 N–H and O–H groups in total. The lowest BCUT2D eigenvalue weighted by Gasteiger charge is -2.08. The summed E-state index contributed by atoms with van der Waals surface area (Å²) in [6.07, 6.45) is 2.23. The molecule has 78 valence electrons. The van der Waals surface area contributed by atoms with E-state index in [1.165, 1.54) is 0 Å². The molecule has 0 amide bonds. The van der Waals surface area contributed by atoms with E-state index in [2.05, 4.69) is 20.9 Å². The van der Waals surface area contributed by atoms with E-state index in [1.807, 2.05) is 26.0 Å². The molecule has 1 aromatic heterocycles. The Morgan fingerprint density at radius 3 is 2.71 bits per heavy atom. The van der Waals surface area contributed by atoms with Crippen LogP contribution in [0.4, 0.5) is 0 Å². The van der Waals surface area contributed by atoms with E-state index in [-0.39, 0.29) is 0 Å². The minimum Gasteiger partial charge on any atom is -0.492 e. The van der Waals surface area contributed by atoms with Gasteiger partial charge in [-0.2, -0.15) is 0 Å². The Kier molecular flexibility index (Phi) is 4.94. The lowest BCUT2D eigenvalue weighted by Crippen LogP contribution is -2.00. The molecule has 1 aromatic rings. The van der Waals surface area contributed by atoms with Crippen LogP contribution in [0.3, 0.4) is 0 Å². The molecule has 14 heavy (non-hydrogen) atoms. The molecule has 0 aliphatic rings. The average Bonchev–Trinajstić information content (AvgIpc) is 2.15. The van der Waals surface area contributed by atoms with E-state index in [1.54, 1.807) is 0 Å². The molecule has 1 rings (SSSR count). The van der Waals surface area contributed by atoms with Crippen LogP contribution < -0.4 is 4.74 Å². The number of rotatable bonds is 5. The predicted molar refractivity (Wildman–Crippen MR) is 62.2 cm³/mol. The van der Waals surface area contributed by atoms with Crippen LogP contribution in [-0.2, 0) is 0 Å². The predicted octanol–water partition coefficient (Wildman–Crippen LogP) is 3.25. The molecule has 0 bridgehead atoms. The van der Waals surface area contributed by atoms with Crippen molar-refractivity contribution >= 4 is 15.9 Å². The first-order chi connectivity index (χ1) is 6.74.